The first-order chi connectivity index (χ1) is 12.6. The molecule has 2 amide bonds. The lowest BCUT2D eigenvalue weighted by atomic mass is 10.0. The fourth-order valence-electron chi connectivity index (χ4n) is 3.19. The van der Waals surface area contributed by atoms with Gasteiger partial charge in [0.05, 0.1) is 19.1 Å². The minimum absolute atomic E-state index is 0.00429. The molecule has 1 aliphatic heterocycles. The summed E-state index contributed by atoms with van der Waals surface area (Å²) in [6.45, 7) is 3.57. The van der Waals surface area contributed by atoms with Crippen molar-refractivity contribution in [3.05, 3.63) is 70.8 Å². The van der Waals surface area contributed by atoms with Gasteiger partial charge in [-0.15, -0.1) is 0 Å². The molecule has 0 aromatic heterocycles. The lowest BCUT2D eigenvalue weighted by Gasteiger charge is -2.24. The lowest BCUT2D eigenvalue weighted by Crippen LogP contribution is -2.35. The number of nitrogens with zero attached hydrogens (tertiary/aromatic N) is 1. The Morgan fingerprint density at radius 2 is 1.88 bits per heavy atom. The van der Waals surface area contributed by atoms with Crippen molar-refractivity contribution in [2.45, 2.75) is 25.9 Å². The van der Waals surface area contributed by atoms with E-state index in [9.17, 15) is 9.59 Å². The Balaban J connectivity index is 1.71. The first-order valence-electron chi connectivity index (χ1n) is 8.80. The van der Waals surface area contributed by atoms with E-state index in [-0.39, 0.29) is 24.3 Å². The molecule has 1 aliphatic rings. The monoisotopic (exact) mass is 352 g/mol. The van der Waals surface area contributed by atoms with Crippen LogP contribution in [0.25, 0.3) is 0 Å². The summed E-state index contributed by atoms with van der Waals surface area (Å²) in [5.74, 6) is -0.106. The zero-order chi connectivity index (χ0) is 18.5. The maximum absolute atomic E-state index is 12.9. The molecule has 1 unspecified atom stereocenters. The van der Waals surface area contributed by atoms with Gasteiger partial charge in [-0.3, -0.25) is 9.59 Å². The molecule has 136 valence electrons. The number of hydrogen-bond acceptors (Lipinski definition) is 3. The fraction of sp³-hybridized carbons (Fsp3) is 0.333. The third kappa shape index (κ3) is 4.11. The molecule has 0 aliphatic carbocycles. The minimum atomic E-state index is -0.269. The first kappa shape index (κ1) is 18.1. The molecule has 1 heterocycles. The molecule has 2 aromatic carbocycles. The summed E-state index contributed by atoms with van der Waals surface area (Å²) < 4.78 is 5.16. The molecule has 2 aromatic rings. The largest absolute Gasteiger partial charge is 0.383 e. The molecule has 0 saturated heterocycles. The Hall–Kier alpha value is -2.66. The molecule has 1 atom stereocenters. The average molecular weight is 352 g/mol. The van der Waals surface area contributed by atoms with E-state index in [1.54, 1.807) is 18.1 Å². The molecule has 26 heavy (non-hydrogen) atoms. The van der Waals surface area contributed by atoms with Gasteiger partial charge in [0.15, 0.2) is 0 Å². The van der Waals surface area contributed by atoms with Crippen molar-refractivity contribution in [1.82, 2.24) is 10.2 Å². The van der Waals surface area contributed by atoms with Gasteiger partial charge in [-0.2, -0.15) is 0 Å². The van der Waals surface area contributed by atoms with Crippen LogP contribution in [0.1, 0.15) is 39.5 Å². The second-order valence-corrected chi connectivity index (χ2v) is 6.61. The number of ether oxygens (including phenoxy) is 1. The van der Waals surface area contributed by atoms with Crippen LogP contribution in [0.2, 0.25) is 0 Å². The Morgan fingerprint density at radius 3 is 2.62 bits per heavy atom. The molecular weight excluding hydrogens is 328 g/mol. The zero-order valence-corrected chi connectivity index (χ0v) is 15.2. The highest BCUT2D eigenvalue weighted by Crippen LogP contribution is 2.28. The van der Waals surface area contributed by atoms with Gasteiger partial charge in [-0.25, -0.2) is 0 Å². The lowest BCUT2D eigenvalue weighted by molar-refractivity contribution is -0.133. The minimum Gasteiger partial charge on any atom is -0.383 e. The van der Waals surface area contributed by atoms with Crippen molar-refractivity contribution in [3.8, 4) is 0 Å². The van der Waals surface area contributed by atoms with E-state index >= 15 is 0 Å². The van der Waals surface area contributed by atoms with E-state index in [0.29, 0.717) is 25.3 Å². The molecule has 0 saturated carbocycles. The summed E-state index contributed by atoms with van der Waals surface area (Å²) in [5, 5.41) is 2.91. The molecule has 0 radical (unpaired) electrons. The number of rotatable bonds is 7. The van der Waals surface area contributed by atoms with Crippen LogP contribution in [-0.2, 0) is 16.1 Å². The summed E-state index contributed by atoms with van der Waals surface area (Å²) in [4.78, 5) is 26.8. The van der Waals surface area contributed by atoms with Crippen molar-refractivity contribution in [2.75, 3.05) is 20.3 Å². The van der Waals surface area contributed by atoms with Crippen LogP contribution in [0.5, 0.6) is 0 Å². The van der Waals surface area contributed by atoms with Gasteiger partial charge in [0.25, 0.3) is 5.91 Å². The Labute approximate surface area is 154 Å². The number of carbonyl (C=O) groups is 2. The summed E-state index contributed by atoms with van der Waals surface area (Å²) in [6, 6.07) is 15.3. The van der Waals surface area contributed by atoms with Gasteiger partial charge in [-0.05, 0) is 24.1 Å². The van der Waals surface area contributed by atoms with Crippen molar-refractivity contribution >= 4 is 11.8 Å². The number of nitrogens with one attached hydrogen (secondary N) is 1. The van der Waals surface area contributed by atoms with Crippen LogP contribution in [0.3, 0.4) is 0 Å². The van der Waals surface area contributed by atoms with E-state index in [1.165, 1.54) is 5.56 Å². The topological polar surface area (TPSA) is 58.6 Å². The van der Waals surface area contributed by atoms with Gasteiger partial charge in [0.1, 0.15) is 0 Å². The smallest absolute Gasteiger partial charge is 0.252 e. The number of amides is 2. The van der Waals surface area contributed by atoms with Crippen LogP contribution < -0.4 is 5.32 Å². The van der Waals surface area contributed by atoms with Gasteiger partial charge in [0.2, 0.25) is 5.91 Å². The standard InChI is InChI=1S/C21H24N2O3/c1-15-7-9-16(10-8-15)14-23(11-12-26-2)20(24)13-19-17-5-3-4-6-18(17)21(25)22-19/h3-10,19H,11-14H2,1-2H3,(H,22,25). The van der Waals surface area contributed by atoms with Crippen molar-refractivity contribution < 1.29 is 14.3 Å². The summed E-state index contributed by atoms with van der Waals surface area (Å²) >= 11 is 0. The molecule has 5 nitrogen and oxygen atoms in total. The zero-order valence-electron chi connectivity index (χ0n) is 15.2. The summed E-state index contributed by atoms with van der Waals surface area (Å²) in [5.41, 5.74) is 3.82. The number of benzene rings is 2. The Kier molecular flexibility index (Phi) is 5.68. The van der Waals surface area contributed by atoms with E-state index < -0.39 is 0 Å². The summed E-state index contributed by atoms with van der Waals surface area (Å²) in [7, 11) is 1.63. The van der Waals surface area contributed by atoms with E-state index in [4.69, 9.17) is 4.74 Å². The van der Waals surface area contributed by atoms with E-state index in [1.807, 2.05) is 49.4 Å². The maximum atomic E-state index is 12.9. The summed E-state index contributed by atoms with van der Waals surface area (Å²) in [6.07, 6.45) is 0.248. The Bertz CT molecular complexity index is 786. The van der Waals surface area contributed by atoms with Crippen molar-refractivity contribution in [3.63, 3.8) is 0 Å². The highest BCUT2D eigenvalue weighted by Gasteiger charge is 2.30. The predicted molar refractivity (Wildman–Crippen MR) is 99.7 cm³/mol. The maximum Gasteiger partial charge on any atom is 0.252 e. The number of methoxy groups -OCH3 is 1. The number of carbonyl (C=O) groups excluding carboxylic acids is 2. The van der Waals surface area contributed by atoms with Crippen LogP contribution in [0.4, 0.5) is 0 Å². The molecule has 1 N–H and O–H groups in total. The number of fused-ring (bicyclic) bond motifs is 1. The number of hydrogen-bond donors (Lipinski definition) is 1. The van der Waals surface area contributed by atoms with Crippen LogP contribution >= 0.6 is 0 Å². The quantitative estimate of drug-likeness (QED) is 0.834. The molecule has 0 bridgehead atoms. The van der Waals surface area contributed by atoms with Crippen LogP contribution in [0, 0.1) is 6.92 Å². The number of aryl methyl sites for hydroxylation is 1. The second kappa shape index (κ2) is 8.15. The fourth-order valence-corrected chi connectivity index (χ4v) is 3.19. The molecule has 0 fully saturated rings. The van der Waals surface area contributed by atoms with Gasteiger partial charge >= 0.3 is 0 Å². The van der Waals surface area contributed by atoms with Gasteiger partial charge in [-0.1, -0.05) is 48.0 Å². The van der Waals surface area contributed by atoms with E-state index in [2.05, 4.69) is 5.32 Å². The van der Waals surface area contributed by atoms with Crippen molar-refractivity contribution in [2.24, 2.45) is 0 Å². The van der Waals surface area contributed by atoms with E-state index in [0.717, 1.165) is 11.1 Å². The average Bonchev–Trinajstić information content (AvgIpc) is 2.96. The predicted octanol–water partition coefficient (Wildman–Crippen LogP) is 2.84. The highest BCUT2D eigenvalue weighted by molar-refractivity contribution is 5.99. The third-order valence-corrected chi connectivity index (χ3v) is 4.68. The van der Waals surface area contributed by atoms with Gasteiger partial charge < -0.3 is 15.0 Å². The SMILES string of the molecule is COCCN(Cc1ccc(C)cc1)C(=O)CC1NC(=O)c2ccccc21. The van der Waals surface area contributed by atoms with Crippen LogP contribution in [0.15, 0.2) is 48.5 Å². The molecule has 0 spiro atoms. The highest BCUT2D eigenvalue weighted by atomic mass is 16.5. The normalized spacial score (nSPS) is 15.5. The third-order valence-electron chi connectivity index (χ3n) is 4.68. The first-order valence-corrected chi connectivity index (χ1v) is 8.80. The molecule has 5 heteroatoms. The van der Waals surface area contributed by atoms with Crippen LogP contribution in [-0.4, -0.2) is 37.0 Å². The molecule has 3 rings (SSSR count). The molecular formula is C21H24N2O3. The second-order valence-electron chi connectivity index (χ2n) is 6.61. The van der Waals surface area contributed by atoms with Crippen molar-refractivity contribution in [1.29, 1.82) is 0 Å². The van der Waals surface area contributed by atoms with Gasteiger partial charge in [0, 0.05) is 25.8 Å². The Morgan fingerprint density at radius 1 is 1.15 bits per heavy atom.